The maximum absolute atomic E-state index is 12.7. The Kier molecular flexibility index (Phi) is 6.23. The molecular weight excluding hydrogens is 435 g/mol. The van der Waals surface area contributed by atoms with Gasteiger partial charge in [-0.1, -0.05) is 23.7 Å². The van der Waals surface area contributed by atoms with Gasteiger partial charge in [-0.05, 0) is 40.9 Å². The number of hydrogen-bond donors (Lipinski definition) is 1. The number of alkyl halides is 1. The van der Waals surface area contributed by atoms with Gasteiger partial charge in [0.1, 0.15) is 0 Å². The second kappa shape index (κ2) is 7.84. The van der Waals surface area contributed by atoms with Gasteiger partial charge in [0, 0.05) is 17.7 Å². The van der Waals surface area contributed by atoms with Crippen LogP contribution in [0.4, 0.5) is 10.2 Å². The molecule has 136 valence electrons. The second-order valence-corrected chi connectivity index (χ2v) is 8.49. The quantitative estimate of drug-likeness (QED) is 0.536. The smallest absolute Gasteiger partial charge is 0.231 e. The van der Waals surface area contributed by atoms with Gasteiger partial charge in [0.05, 0.1) is 22.2 Å². The van der Waals surface area contributed by atoms with Crippen LogP contribution in [-0.2, 0) is 23.5 Å². The van der Waals surface area contributed by atoms with E-state index < -0.39 is 16.3 Å². The molecule has 0 aliphatic carbocycles. The summed E-state index contributed by atoms with van der Waals surface area (Å²) in [5.41, 5.74) is 1.60. The molecule has 0 aliphatic rings. The van der Waals surface area contributed by atoms with Gasteiger partial charge in [-0.15, -0.1) is 0 Å². The lowest BCUT2D eigenvalue weighted by molar-refractivity contribution is 0.377. The van der Waals surface area contributed by atoms with Crippen LogP contribution >= 0.6 is 27.5 Å². The van der Waals surface area contributed by atoms with E-state index in [9.17, 15) is 12.8 Å². The molecule has 2 rings (SSSR count). The van der Waals surface area contributed by atoms with E-state index in [1.807, 2.05) is 12.1 Å². The first-order valence-electron chi connectivity index (χ1n) is 7.23. The van der Waals surface area contributed by atoms with Crippen LogP contribution in [0.1, 0.15) is 12.5 Å². The third-order valence-electron chi connectivity index (χ3n) is 3.22. The summed E-state index contributed by atoms with van der Waals surface area (Å²) >= 11 is 9.56. The van der Waals surface area contributed by atoms with Crippen molar-refractivity contribution >= 4 is 60.5 Å². The number of hydrogen-bond acceptors (Lipinski definition) is 4. The van der Waals surface area contributed by atoms with Crippen molar-refractivity contribution in [3.63, 3.8) is 0 Å². The summed E-state index contributed by atoms with van der Waals surface area (Å²) in [6.45, 7) is 1.34. The zero-order valence-electron chi connectivity index (χ0n) is 13.8. The van der Waals surface area contributed by atoms with Crippen molar-refractivity contribution in [1.82, 2.24) is 9.78 Å². The number of nitrogens with zero attached hydrogens (tertiary/aromatic N) is 3. The molecular formula is C15H17BrClFN4O2S. The van der Waals surface area contributed by atoms with Crippen LogP contribution in [0.3, 0.4) is 0 Å². The van der Waals surface area contributed by atoms with Crippen molar-refractivity contribution in [1.29, 1.82) is 0 Å². The number of halogens is 3. The molecule has 10 heteroatoms. The predicted molar refractivity (Wildman–Crippen MR) is 104 cm³/mol. The highest BCUT2D eigenvalue weighted by atomic mass is 79.9. The Morgan fingerprint density at radius 3 is 2.84 bits per heavy atom. The number of aliphatic imine (C=N–C) groups is 1. The summed E-state index contributed by atoms with van der Waals surface area (Å²) in [6.07, 6.45) is 3.50. The Morgan fingerprint density at radius 1 is 1.56 bits per heavy atom. The van der Waals surface area contributed by atoms with Crippen LogP contribution in [-0.4, -0.2) is 37.0 Å². The molecule has 1 aromatic heterocycles. The molecule has 1 atom stereocenters. The number of anilines is 1. The molecule has 1 aromatic carbocycles. The molecule has 25 heavy (non-hydrogen) atoms. The molecule has 1 heterocycles. The molecule has 0 radical (unpaired) electrons. The largest absolute Gasteiger partial charge is 0.266 e. The number of nitrogens with one attached hydrogen (secondary N) is 1. The van der Waals surface area contributed by atoms with Gasteiger partial charge in [-0.3, -0.25) is 14.4 Å². The highest BCUT2D eigenvalue weighted by molar-refractivity contribution is 9.12. The Balaban J connectivity index is 2.46. The fourth-order valence-corrected chi connectivity index (χ4v) is 3.32. The van der Waals surface area contributed by atoms with E-state index >= 15 is 0 Å². The van der Waals surface area contributed by atoms with E-state index in [1.165, 1.54) is 13.1 Å². The van der Waals surface area contributed by atoms with Crippen LogP contribution in [0.2, 0.25) is 5.02 Å². The average molecular weight is 452 g/mol. The van der Waals surface area contributed by atoms with E-state index in [4.69, 9.17) is 11.6 Å². The van der Waals surface area contributed by atoms with Gasteiger partial charge in [0.25, 0.3) is 0 Å². The van der Waals surface area contributed by atoms with Gasteiger partial charge in [0.15, 0.2) is 12.1 Å². The van der Waals surface area contributed by atoms with Gasteiger partial charge < -0.3 is 0 Å². The monoisotopic (exact) mass is 450 g/mol. The fourth-order valence-electron chi connectivity index (χ4n) is 2.30. The standard InChI is InChI=1S/C15H17BrClFN4O2S/c1-9(18)19-8-11(16)6-4-10-5-7-12(17)13-14(10)22(2)20-15(13)21-25(3,23)24/h5-9H,4H2,1-3H3,(H,20,21)/b11-6+,19-8-. The van der Waals surface area contributed by atoms with Gasteiger partial charge in [0.2, 0.25) is 10.0 Å². The summed E-state index contributed by atoms with van der Waals surface area (Å²) < 4.78 is 40.4. The topological polar surface area (TPSA) is 76.3 Å². The summed E-state index contributed by atoms with van der Waals surface area (Å²) in [5.74, 6) is 0.183. The van der Waals surface area contributed by atoms with Crippen molar-refractivity contribution in [2.24, 2.45) is 12.0 Å². The predicted octanol–water partition coefficient (Wildman–Crippen LogP) is 3.81. The van der Waals surface area contributed by atoms with Gasteiger partial charge in [-0.25, -0.2) is 12.8 Å². The number of rotatable bonds is 6. The number of sulfonamides is 1. The van der Waals surface area contributed by atoms with E-state index in [-0.39, 0.29) is 5.82 Å². The van der Waals surface area contributed by atoms with Crippen LogP contribution in [0, 0.1) is 0 Å². The third-order valence-corrected chi connectivity index (χ3v) is 4.63. The first-order valence-corrected chi connectivity index (χ1v) is 10.3. The zero-order chi connectivity index (χ0) is 18.8. The second-order valence-electron chi connectivity index (χ2n) is 5.42. The zero-order valence-corrected chi connectivity index (χ0v) is 17.0. The molecule has 0 amide bonds. The normalized spacial score (nSPS) is 14.4. The molecule has 1 N–H and O–H groups in total. The number of allylic oxidation sites excluding steroid dienone is 2. The lowest BCUT2D eigenvalue weighted by atomic mass is 10.1. The molecule has 0 saturated heterocycles. The van der Waals surface area contributed by atoms with Crippen molar-refractivity contribution in [3.05, 3.63) is 33.3 Å². The first-order chi connectivity index (χ1) is 11.6. The molecule has 0 bridgehead atoms. The molecule has 0 aliphatic heterocycles. The maximum Gasteiger partial charge on any atom is 0.231 e. The van der Waals surface area contributed by atoms with E-state index in [0.717, 1.165) is 11.8 Å². The lowest BCUT2D eigenvalue weighted by Gasteiger charge is -2.05. The van der Waals surface area contributed by atoms with E-state index in [0.29, 0.717) is 26.8 Å². The minimum atomic E-state index is -3.48. The molecule has 1 unspecified atom stereocenters. The average Bonchev–Trinajstić information content (AvgIpc) is 2.80. The number of fused-ring (bicyclic) bond motifs is 1. The van der Waals surface area contributed by atoms with Crippen molar-refractivity contribution in [2.45, 2.75) is 19.6 Å². The summed E-state index contributed by atoms with van der Waals surface area (Å²) in [4.78, 5) is 3.65. The summed E-state index contributed by atoms with van der Waals surface area (Å²) in [7, 11) is -1.77. The van der Waals surface area contributed by atoms with Crippen LogP contribution in [0.25, 0.3) is 10.9 Å². The number of aryl methyl sites for hydroxylation is 1. The summed E-state index contributed by atoms with van der Waals surface area (Å²) in [6, 6.07) is 3.52. The van der Waals surface area contributed by atoms with Crippen LogP contribution in [0.5, 0.6) is 0 Å². The minimum Gasteiger partial charge on any atom is -0.266 e. The Hall–Kier alpha value is -1.45. The fraction of sp³-hybridized carbons (Fsp3) is 0.333. The SMILES string of the molecule is CC(F)/N=C\C(Br)=C/Cc1ccc(Cl)c2c(NS(C)(=O)=O)nn(C)c12. The van der Waals surface area contributed by atoms with E-state index in [2.05, 4.69) is 30.7 Å². The number of benzene rings is 1. The van der Waals surface area contributed by atoms with Crippen LogP contribution < -0.4 is 4.72 Å². The van der Waals surface area contributed by atoms with Crippen molar-refractivity contribution in [2.75, 3.05) is 11.0 Å². The lowest BCUT2D eigenvalue weighted by Crippen LogP contribution is -2.10. The molecule has 0 fully saturated rings. The molecule has 6 nitrogen and oxygen atoms in total. The molecule has 0 saturated carbocycles. The van der Waals surface area contributed by atoms with Crippen molar-refractivity contribution in [3.8, 4) is 0 Å². The van der Waals surface area contributed by atoms with Gasteiger partial charge >= 0.3 is 0 Å². The number of aromatic nitrogens is 2. The maximum atomic E-state index is 12.7. The van der Waals surface area contributed by atoms with E-state index in [1.54, 1.807) is 17.8 Å². The van der Waals surface area contributed by atoms with Crippen molar-refractivity contribution < 1.29 is 12.8 Å². The molecule has 2 aromatic rings. The third kappa shape index (κ3) is 5.26. The molecule has 0 spiro atoms. The van der Waals surface area contributed by atoms with Gasteiger partial charge in [-0.2, -0.15) is 5.10 Å². The highest BCUT2D eigenvalue weighted by Crippen LogP contribution is 2.33. The summed E-state index contributed by atoms with van der Waals surface area (Å²) in [5, 5.41) is 5.14. The first kappa shape index (κ1) is 19.9. The highest BCUT2D eigenvalue weighted by Gasteiger charge is 2.17. The Morgan fingerprint density at radius 2 is 2.24 bits per heavy atom. The van der Waals surface area contributed by atoms with Crippen LogP contribution in [0.15, 0.2) is 27.7 Å². The minimum absolute atomic E-state index is 0.183. The Labute approximate surface area is 158 Å². The Bertz CT molecular complexity index is 954.